The molecule has 0 aromatic heterocycles. The van der Waals surface area contributed by atoms with Gasteiger partial charge in [0.15, 0.2) is 0 Å². The van der Waals surface area contributed by atoms with Crippen molar-refractivity contribution in [2.24, 2.45) is 5.92 Å². The first kappa shape index (κ1) is 40.3. The monoisotopic (exact) mass is 855 g/mol. The third kappa shape index (κ3) is 6.94. The van der Waals surface area contributed by atoms with Crippen LogP contribution in [0.3, 0.4) is 0 Å². The van der Waals surface area contributed by atoms with Crippen molar-refractivity contribution in [3.63, 3.8) is 0 Å². The Balaban J connectivity index is 1.13. The molecule has 0 heterocycles. The molecule has 0 fully saturated rings. The average molecular weight is 856 g/mol. The van der Waals surface area contributed by atoms with E-state index in [1.54, 1.807) is 0 Å². The van der Waals surface area contributed by atoms with Gasteiger partial charge in [-0.15, -0.1) is 0 Å². The fourth-order valence-electron chi connectivity index (χ4n) is 11.1. The highest BCUT2D eigenvalue weighted by molar-refractivity contribution is 6.00. The van der Waals surface area contributed by atoms with Gasteiger partial charge in [0.1, 0.15) is 0 Å². The van der Waals surface area contributed by atoms with Gasteiger partial charge < -0.3 is 4.90 Å². The molecule has 0 amide bonds. The quantitative estimate of drug-likeness (QED) is 0.140. The average Bonchev–Trinajstić information content (AvgIpc) is 3.70. The highest BCUT2D eigenvalue weighted by Crippen LogP contribution is 2.57. The lowest BCUT2D eigenvalue weighted by atomic mass is 9.67. The third-order valence-electron chi connectivity index (χ3n) is 14.2. The summed E-state index contributed by atoms with van der Waals surface area (Å²) < 4.78 is 0. The standard InChI is InChI=1S/C66H49N/c1-46-37-38-50(44-62(46)59-34-20-26-49-25-14-15-31-57(49)59)58-32-17-19-36-65(58)67(56-42-51(47-21-6-2-7-22-47)41-52(43-56)48-23-8-3-9-24-48)55-39-40-61-60-33-16-18-35-63(60)66(64(61)45-55,53-27-10-4-11-28-53)54-29-12-5-13-30-54/h2-36,38-46H,37H2,1H3. The molecule has 67 heavy (non-hydrogen) atoms. The Kier molecular flexibility index (Phi) is 10.2. The molecule has 1 unspecified atom stereocenters. The summed E-state index contributed by atoms with van der Waals surface area (Å²) in [5.41, 5.74) is 20.2. The number of hydrogen-bond donors (Lipinski definition) is 0. The summed E-state index contributed by atoms with van der Waals surface area (Å²) in [6.07, 6.45) is 5.88. The second-order valence-corrected chi connectivity index (χ2v) is 18.0. The largest absolute Gasteiger partial charge is 0.310 e. The second kappa shape index (κ2) is 16.9. The molecule has 1 nitrogen and oxygen atoms in total. The molecule has 0 N–H and O–H groups in total. The molecule has 2 aliphatic carbocycles. The topological polar surface area (TPSA) is 3.24 Å². The maximum atomic E-state index is 2.53. The molecule has 0 saturated carbocycles. The van der Waals surface area contributed by atoms with Crippen molar-refractivity contribution in [1.82, 2.24) is 0 Å². The Morgan fingerprint density at radius 2 is 0.940 bits per heavy atom. The SMILES string of the molecule is CC1CC=C(c2ccccc2N(c2cc(-c3ccccc3)cc(-c3ccccc3)c2)c2ccc3c(c2)C(c2ccccc2)(c2ccccc2)c2ccccc2-3)C=C1c1cccc2ccccc12. The smallest absolute Gasteiger partial charge is 0.0714 e. The normalized spacial score (nSPS) is 14.7. The lowest BCUT2D eigenvalue weighted by molar-refractivity contribution is 0.761. The summed E-state index contributed by atoms with van der Waals surface area (Å²) in [4.78, 5) is 2.53. The molecular formula is C66H49N. The molecule has 10 aromatic carbocycles. The Labute approximate surface area is 394 Å². The number of rotatable bonds is 9. The Hall–Kier alpha value is -8.26. The van der Waals surface area contributed by atoms with Crippen LogP contribution in [0.25, 0.3) is 55.3 Å². The van der Waals surface area contributed by atoms with Crippen LogP contribution in [0.15, 0.2) is 261 Å². The lowest BCUT2D eigenvalue weighted by Gasteiger charge is -2.35. The van der Waals surface area contributed by atoms with Gasteiger partial charge in [-0.05, 0) is 132 Å². The van der Waals surface area contributed by atoms with Crippen molar-refractivity contribution in [1.29, 1.82) is 0 Å². The molecule has 0 radical (unpaired) electrons. The van der Waals surface area contributed by atoms with Crippen LogP contribution in [0.4, 0.5) is 17.1 Å². The van der Waals surface area contributed by atoms with E-state index in [-0.39, 0.29) is 0 Å². The number of para-hydroxylation sites is 1. The fourth-order valence-corrected chi connectivity index (χ4v) is 11.1. The third-order valence-corrected chi connectivity index (χ3v) is 14.2. The van der Waals surface area contributed by atoms with E-state index in [1.165, 1.54) is 88.7 Å². The van der Waals surface area contributed by atoms with E-state index in [9.17, 15) is 0 Å². The van der Waals surface area contributed by atoms with Crippen LogP contribution in [0.1, 0.15) is 46.7 Å². The number of fused-ring (bicyclic) bond motifs is 4. The van der Waals surface area contributed by atoms with Crippen LogP contribution in [0.5, 0.6) is 0 Å². The van der Waals surface area contributed by atoms with Crippen LogP contribution >= 0.6 is 0 Å². The lowest BCUT2D eigenvalue weighted by Crippen LogP contribution is -2.28. The summed E-state index contributed by atoms with van der Waals surface area (Å²) in [6, 6.07) is 91.8. The first-order valence-corrected chi connectivity index (χ1v) is 23.6. The van der Waals surface area contributed by atoms with Crippen molar-refractivity contribution in [2.75, 3.05) is 4.90 Å². The van der Waals surface area contributed by atoms with Gasteiger partial charge in [0, 0.05) is 16.9 Å². The van der Waals surface area contributed by atoms with Gasteiger partial charge in [0.05, 0.1) is 11.1 Å². The molecule has 10 aromatic rings. The molecule has 0 saturated heterocycles. The summed E-state index contributed by atoms with van der Waals surface area (Å²) in [6.45, 7) is 2.37. The minimum absolute atomic E-state index is 0.372. The van der Waals surface area contributed by atoms with Gasteiger partial charge in [-0.25, -0.2) is 0 Å². The van der Waals surface area contributed by atoms with E-state index in [0.717, 1.165) is 23.5 Å². The van der Waals surface area contributed by atoms with Crippen molar-refractivity contribution < 1.29 is 0 Å². The van der Waals surface area contributed by atoms with Crippen LogP contribution in [-0.4, -0.2) is 0 Å². The van der Waals surface area contributed by atoms with Crippen LogP contribution in [-0.2, 0) is 5.41 Å². The zero-order valence-electron chi connectivity index (χ0n) is 37.6. The number of allylic oxidation sites excluding steroid dienone is 4. The minimum atomic E-state index is -0.547. The van der Waals surface area contributed by atoms with Gasteiger partial charge in [-0.1, -0.05) is 231 Å². The molecule has 0 aliphatic heterocycles. The molecule has 12 rings (SSSR count). The van der Waals surface area contributed by atoms with E-state index >= 15 is 0 Å². The van der Waals surface area contributed by atoms with Crippen molar-refractivity contribution in [3.05, 3.63) is 294 Å². The first-order valence-electron chi connectivity index (χ1n) is 23.6. The van der Waals surface area contributed by atoms with Gasteiger partial charge >= 0.3 is 0 Å². The predicted octanol–water partition coefficient (Wildman–Crippen LogP) is 17.5. The zero-order valence-corrected chi connectivity index (χ0v) is 37.6. The van der Waals surface area contributed by atoms with Gasteiger partial charge in [-0.2, -0.15) is 0 Å². The number of nitrogens with zero attached hydrogens (tertiary/aromatic N) is 1. The van der Waals surface area contributed by atoms with Gasteiger partial charge in [0.2, 0.25) is 0 Å². The zero-order chi connectivity index (χ0) is 44.7. The number of benzene rings is 10. The van der Waals surface area contributed by atoms with E-state index in [0.29, 0.717) is 5.92 Å². The maximum absolute atomic E-state index is 2.53. The van der Waals surface area contributed by atoms with E-state index < -0.39 is 5.41 Å². The van der Waals surface area contributed by atoms with E-state index in [4.69, 9.17) is 0 Å². The van der Waals surface area contributed by atoms with E-state index in [2.05, 4.69) is 273 Å². The first-order chi connectivity index (χ1) is 33.1. The minimum Gasteiger partial charge on any atom is -0.310 e. The molecule has 1 atom stereocenters. The Bertz CT molecular complexity index is 3390. The highest BCUT2D eigenvalue weighted by atomic mass is 15.1. The Morgan fingerprint density at radius 1 is 0.403 bits per heavy atom. The Morgan fingerprint density at radius 3 is 1.63 bits per heavy atom. The van der Waals surface area contributed by atoms with Gasteiger partial charge in [-0.3, -0.25) is 0 Å². The fraction of sp³-hybridized carbons (Fsp3) is 0.0606. The summed E-state index contributed by atoms with van der Waals surface area (Å²) in [5.74, 6) is 0.372. The molecule has 0 spiro atoms. The van der Waals surface area contributed by atoms with Crippen LogP contribution < -0.4 is 4.90 Å². The summed E-state index contributed by atoms with van der Waals surface area (Å²) in [7, 11) is 0. The van der Waals surface area contributed by atoms with Gasteiger partial charge in [0.25, 0.3) is 0 Å². The predicted molar refractivity (Wildman–Crippen MR) is 283 cm³/mol. The second-order valence-electron chi connectivity index (χ2n) is 18.0. The number of hydrogen-bond acceptors (Lipinski definition) is 1. The molecule has 2 aliphatic rings. The summed E-state index contributed by atoms with van der Waals surface area (Å²) >= 11 is 0. The molecular weight excluding hydrogens is 807 g/mol. The molecule has 318 valence electrons. The van der Waals surface area contributed by atoms with Crippen molar-refractivity contribution >= 4 is 39.0 Å². The molecule has 1 heteroatoms. The number of anilines is 3. The maximum Gasteiger partial charge on any atom is 0.0714 e. The van der Waals surface area contributed by atoms with Crippen LogP contribution in [0, 0.1) is 5.92 Å². The highest BCUT2D eigenvalue weighted by Gasteiger charge is 2.46. The van der Waals surface area contributed by atoms with Crippen molar-refractivity contribution in [3.8, 4) is 33.4 Å². The van der Waals surface area contributed by atoms with Crippen molar-refractivity contribution in [2.45, 2.75) is 18.8 Å². The summed E-state index contributed by atoms with van der Waals surface area (Å²) in [5, 5.41) is 2.56. The molecule has 0 bridgehead atoms. The van der Waals surface area contributed by atoms with Crippen LogP contribution in [0.2, 0.25) is 0 Å². The van der Waals surface area contributed by atoms with E-state index in [1.807, 2.05) is 0 Å².